The van der Waals surface area contributed by atoms with Crippen molar-refractivity contribution in [2.45, 2.75) is 59.5 Å². The Morgan fingerprint density at radius 1 is 1.17 bits per heavy atom. The zero-order valence-corrected chi connectivity index (χ0v) is 21.2. The van der Waals surface area contributed by atoms with Crippen LogP contribution in [-0.4, -0.2) is 50.1 Å². The summed E-state index contributed by atoms with van der Waals surface area (Å²) < 4.78 is 20.6. The number of hydrogen-bond acceptors (Lipinski definition) is 5. The first-order chi connectivity index (χ1) is 16.4. The quantitative estimate of drug-likeness (QED) is 0.486. The maximum Gasteiger partial charge on any atom is 0.309 e. The van der Waals surface area contributed by atoms with E-state index in [1.165, 1.54) is 12.1 Å². The lowest BCUT2D eigenvalue weighted by atomic mass is 9.86. The molecule has 2 aromatic heterocycles. The van der Waals surface area contributed by atoms with Crippen molar-refractivity contribution in [1.82, 2.24) is 19.5 Å². The number of carbonyl (C=O) groups excluding carboxylic acids is 2. The summed E-state index contributed by atoms with van der Waals surface area (Å²) in [5, 5.41) is 4.65. The number of ether oxygens (including phenoxy) is 1. The molecule has 1 unspecified atom stereocenters. The molecule has 3 heterocycles. The maximum atomic E-state index is 13.4. The molecule has 0 saturated carbocycles. The van der Waals surface area contributed by atoms with Gasteiger partial charge in [0.15, 0.2) is 5.65 Å². The molecular formula is C27H33FN4O3. The average Bonchev–Trinajstić information content (AvgIpc) is 3.21. The molecule has 2 atom stereocenters. The number of rotatable bonds is 4. The van der Waals surface area contributed by atoms with Gasteiger partial charge in [-0.1, -0.05) is 20.8 Å². The van der Waals surface area contributed by atoms with Gasteiger partial charge in [0.1, 0.15) is 17.1 Å². The SMILES string of the molecule is CC(C)c1cc(-c2ccc(F)cc2)nn2cc(C(=O)N3CCC(C(=O)OC(C)(C)C)[C@@H](C)C3)nc12. The average molecular weight is 481 g/mol. The molecule has 8 heteroatoms. The number of aromatic nitrogens is 3. The highest BCUT2D eigenvalue weighted by Gasteiger charge is 2.36. The van der Waals surface area contributed by atoms with E-state index in [0.29, 0.717) is 36.5 Å². The van der Waals surface area contributed by atoms with E-state index in [1.807, 2.05) is 33.8 Å². The Morgan fingerprint density at radius 3 is 2.46 bits per heavy atom. The van der Waals surface area contributed by atoms with Crippen LogP contribution in [0.4, 0.5) is 4.39 Å². The van der Waals surface area contributed by atoms with Crippen molar-refractivity contribution in [2.75, 3.05) is 13.1 Å². The summed E-state index contributed by atoms with van der Waals surface area (Å²) in [6, 6.07) is 8.13. The van der Waals surface area contributed by atoms with E-state index < -0.39 is 5.60 Å². The number of nitrogens with zero attached hydrogens (tertiary/aromatic N) is 4. The van der Waals surface area contributed by atoms with E-state index in [4.69, 9.17) is 4.74 Å². The molecule has 1 amide bonds. The van der Waals surface area contributed by atoms with Crippen LogP contribution in [0, 0.1) is 17.7 Å². The van der Waals surface area contributed by atoms with Gasteiger partial charge < -0.3 is 9.64 Å². The van der Waals surface area contributed by atoms with Crippen LogP contribution in [0.15, 0.2) is 36.5 Å². The number of hydrogen-bond donors (Lipinski definition) is 0. The summed E-state index contributed by atoms with van der Waals surface area (Å²) in [6.07, 6.45) is 2.21. The first-order valence-corrected chi connectivity index (χ1v) is 12.1. The van der Waals surface area contributed by atoms with Gasteiger partial charge in [-0.3, -0.25) is 9.59 Å². The molecule has 0 spiro atoms. The second-order valence-corrected chi connectivity index (χ2v) is 10.7. The minimum absolute atomic E-state index is 0.0194. The molecular weight excluding hydrogens is 447 g/mol. The lowest BCUT2D eigenvalue weighted by Gasteiger charge is -2.36. The Morgan fingerprint density at radius 2 is 1.86 bits per heavy atom. The molecule has 1 aliphatic heterocycles. The molecule has 0 radical (unpaired) electrons. The number of amides is 1. The molecule has 1 saturated heterocycles. The Hall–Kier alpha value is -3.29. The van der Waals surface area contributed by atoms with Crippen molar-refractivity contribution in [2.24, 2.45) is 11.8 Å². The van der Waals surface area contributed by atoms with E-state index in [2.05, 4.69) is 23.9 Å². The summed E-state index contributed by atoms with van der Waals surface area (Å²) in [4.78, 5) is 32.3. The van der Waals surface area contributed by atoms with Crippen molar-refractivity contribution < 1.29 is 18.7 Å². The van der Waals surface area contributed by atoms with Crippen molar-refractivity contribution in [1.29, 1.82) is 0 Å². The summed E-state index contributed by atoms with van der Waals surface area (Å²) in [5.74, 6) is -0.790. The minimum Gasteiger partial charge on any atom is -0.460 e. The van der Waals surface area contributed by atoms with Crippen LogP contribution in [0.3, 0.4) is 0 Å². The van der Waals surface area contributed by atoms with Crippen LogP contribution >= 0.6 is 0 Å². The Balaban J connectivity index is 1.58. The molecule has 1 aliphatic rings. The number of benzene rings is 1. The maximum absolute atomic E-state index is 13.4. The van der Waals surface area contributed by atoms with Gasteiger partial charge >= 0.3 is 5.97 Å². The normalized spacial score (nSPS) is 18.8. The van der Waals surface area contributed by atoms with Crippen LogP contribution in [0.2, 0.25) is 0 Å². The monoisotopic (exact) mass is 480 g/mol. The molecule has 0 aliphatic carbocycles. The van der Waals surface area contributed by atoms with Crippen LogP contribution in [-0.2, 0) is 9.53 Å². The fourth-order valence-electron chi connectivity index (χ4n) is 4.51. The third kappa shape index (κ3) is 5.36. The fraction of sp³-hybridized carbons (Fsp3) is 0.481. The van der Waals surface area contributed by atoms with Crippen molar-refractivity contribution in [3.63, 3.8) is 0 Å². The number of likely N-dealkylation sites (tertiary alicyclic amines) is 1. The first-order valence-electron chi connectivity index (χ1n) is 12.1. The zero-order valence-electron chi connectivity index (χ0n) is 21.2. The number of carbonyl (C=O) groups is 2. The topological polar surface area (TPSA) is 76.8 Å². The first kappa shape index (κ1) is 24.8. The van der Waals surface area contributed by atoms with Crippen molar-refractivity contribution >= 4 is 17.5 Å². The molecule has 35 heavy (non-hydrogen) atoms. The predicted octanol–water partition coefficient (Wildman–Crippen LogP) is 5.10. The lowest BCUT2D eigenvalue weighted by molar-refractivity contribution is -0.163. The third-order valence-corrected chi connectivity index (χ3v) is 6.34. The lowest BCUT2D eigenvalue weighted by Crippen LogP contribution is -2.46. The molecule has 3 aromatic rings. The number of esters is 1. The number of imidazole rings is 1. The molecule has 186 valence electrons. The Labute approximate surface area is 205 Å². The van der Waals surface area contributed by atoms with Crippen LogP contribution < -0.4 is 0 Å². The van der Waals surface area contributed by atoms with E-state index in [0.717, 1.165) is 11.1 Å². The second kappa shape index (κ2) is 9.40. The Kier molecular flexibility index (Phi) is 6.66. The number of piperidine rings is 1. The highest BCUT2D eigenvalue weighted by molar-refractivity contribution is 5.93. The Bertz CT molecular complexity index is 1240. The van der Waals surface area contributed by atoms with E-state index >= 15 is 0 Å². The third-order valence-electron chi connectivity index (χ3n) is 6.34. The van der Waals surface area contributed by atoms with Gasteiger partial charge in [-0.25, -0.2) is 13.9 Å². The summed E-state index contributed by atoms with van der Waals surface area (Å²) in [6.45, 7) is 12.6. The van der Waals surface area contributed by atoms with Crippen LogP contribution in [0.5, 0.6) is 0 Å². The summed E-state index contributed by atoms with van der Waals surface area (Å²) in [5.41, 5.74) is 2.84. The van der Waals surface area contributed by atoms with Crippen molar-refractivity contribution in [3.05, 3.63) is 53.6 Å². The minimum atomic E-state index is -0.534. The smallest absolute Gasteiger partial charge is 0.309 e. The highest BCUT2D eigenvalue weighted by atomic mass is 19.1. The van der Waals surface area contributed by atoms with Gasteiger partial charge in [-0.2, -0.15) is 5.10 Å². The van der Waals surface area contributed by atoms with Crippen molar-refractivity contribution in [3.8, 4) is 11.3 Å². The second-order valence-electron chi connectivity index (χ2n) is 10.7. The molecule has 7 nitrogen and oxygen atoms in total. The highest BCUT2D eigenvalue weighted by Crippen LogP contribution is 2.29. The van der Waals surface area contributed by atoms with Gasteiger partial charge in [0.05, 0.1) is 17.8 Å². The van der Waals surface area contributed by atoms with Crippen LogP contribution in [0.25, 0.3) is 16.9 Å². The van der Waals surface area contributed by atoms with Crippen LogP contribution in [0.1, 0.15) is 69.9 Å². The zero-order chi connectivity index (χ0) is 25.5. The van der Waals surface area contributed by atoms with Gasteiger partial charge in [0.2, 0.25) is 0 Å². The fourth-order valence-corrected chi connectivity index (χ4v) is 4.51. The largest absolute Gasteiger partial charge is 0.460 e. The van der Waals surface area contributed by atoms with Gasteiger partial charge in [0, 0.05) is 24.2 Å². The standard InChI is InChI=1S/C27H33FN4O3/c1-16(2)21-13-22(18-7-9-19(28)10-8-18)30-32-15-23(29-24(21)32)25(33)31-12-11-20(17(3)14-31)26(34)35-27(4,5)6/h7-10,13,15-17,20H,11-12,14H2,1-6H3/t17-,20?/m0/s1. The van der Waals surface area contributed by atoms with Gasteiger partial charge in [-0.05, 0) is 69.4 Å². The van der Waals surface area contributed by atoms with E-state index in [1.54, 1.807) is 27.7 Å². The molecule has 0 N–H and O–H groups in total. The summed E-state index contributed by atoms with van der Waals surface area (Å²) in [7, 11) is 0. The van der Waals surface area contributed by atoms with E-state index in [-0.39, 0.29) is 35.4 Å². The molecule has 4 rings (SSSR count). The molecule has 0 bridgehead atoms. The van der Waals surface area contributed by atoms with E-state index in [9.17, 15) is 14.0 Å². The predicted molar refractivity (Wildman–Crippen MR) is 131 cm³/mol. The van der Waals surface area contributed by atoms with Gasteiger partial charge in [-0.15, -0.1) is 0 Å². The molecule has 1 aromatic carbocycles. The number of halogens is 1. The summed E-state index contributed by atoms with van der Waals surface area (Å²) >= 11 is 0. The number of fused-ring (bicyclic) bond motifs is 1. The van der Waals surface area contributed by atoms with Gasteiger partial charge in [0.25, 0.3) is 5.91 Å². The molecule has 1 fully saturated rings.